The molecule has 4 heterocycles. The molecule has 2 N–H and O–H groups in total. The fourth-order valence-electron chi connectivity index (χ4n) is 3.49. The zero-order valence-electron chi connectivity index (χ0n) is 16.7. The highest BCUT2D eigenvalue weighted by Crippen LogP contribution is 2.19. The Hall–Kier alpha value is -3.85. The van der Waals surface area contributed by atoms with E-state index in [1.165, 1.54) is 0 Å². The summed E-state index contributed by atoms with van der Waals surface area (Å²) in [6, 6.07) is 16.8. The van der Waals surface area contributed by atoms with Crippen LogP contribution in [0.25, 0.3) is 17.2 Å². The summed E-state index contributed by atoms with van der Waals surface area (Å²) in [6.45, 7) is 1.26. The standard InChI is InChI=1S/C22H21N7O2/c30-22(24-14-17-7-4-12-31-17)15-10-11-23-18(13-15)21-27-26-20-9-8-19(28-29(20)21)25-16-5-2-1-3-6-16/h1-3,5-6,8-11,13,17H,4,7,12,14H2,(H,24,30)(H,25,28). The van der Waals surface area contributed by atoms with Gasteiger partial charge in [-0.25, -0.2) is 0 Å². The molecule has 4 aromatic rings. The normalized spacial score (nSPS) is 15.8. The van der Waals surface area contributed by atoms with Crippen LogP contribution in [0.15, 0.2) is 60.8 Å². The number of pyridine rings is 1. The lowest BCUT2D eigenvalue weighted by Gasteiger charge is -2.11. The average molecular weight is 415 g/mol. The number of carbonyl (C=O) groups excluding carboxylic acids is 1. The van der Waals surface area contributed by atoms with Crippen molar-refractivity contribution in [3.63, 3.8) is 0 Å². The van der Waals surface area contributed by atoms with E-state index in [1.54, 1.807) is 22.8 Å². The molecule has 1 atom stereocenters. The van der Waals surface area contributed by atoms with Crippen molar-refractivity contribution in [1.29, 1.82) is 0 Å². The topological polar surface area (TPSA) is 106 Å². The highest BCUT2D eigenvalue weighted by atomic mass is 16.5. The van der Waals surface area contributed by atoms with E-state index in [0.717, 1.165) is 25.1 Å². The molecule has 9 heteroatoms. The number of benzene rings is 1. The van der Waals surface area contributed by atoms with Crippen molar-refractivity contribution in [2.45, 2.75) is 18.9 Å². The molecule has 0 bridgehead atoms. The number of para-hydroxylation sites is 1. The molecule has 0 radical (unpaired) electrons. The lowest BCUT2D eigenvalue weighted by atomic mass is 10.2. The van der Waals surface area contributed by atoms with E-state index in [9.17, 15) is 4.79 Å². The quantitative estimate of drug-likeness (QED) is 0.499. The number of nitrogens with zero attached hydrogens (tertiary/aromatic N) is 5. The zero-order chi connectivity index (χ0) is 21.0. The Morgan fingerprint density at radius 2 is 2.03 bits per heavy atom. The van der Waals surface area contributed by atoms with Gasteiger partial charge in [-0.1, -0.05) is 18.2 Å². The van der Waals surface area contributed by atoms with Crippen molar-refractivity contribution < 1.29 is 9.53 Å². The number of rotatable bonds is 6. The van der Waals surface area contributed by atoms with Gasteiger partial charge < -0.3 is 15.4 Å². The maximum atomic E-state index is 12.6. The van der Waals surface area contributed by atoms with Gasteiger partial charge in [-0.2, -0.15) is 4.52 Å². The Kier molecular flexibility index (Phi) is 5.24. The molecule has 1 fully saturated rings. The monoisotopic (exact) mass is 415 g/mol. The van der Waals surface area contributed by atoms with Crippen molar-refractivity contribution in [2.75, 3.05) is 18.5 Å². The molecule has 0 aliphatic carbocycles. The Morgan fingerprint density at radius 1 is 1.13 bits per heavy atom. The van der Waals surface area contributed by atoms with E-state index < -0.39 is 0 Å². The average Bonchev–Trinajstić information content (AvgIpc) is 3.48. The first-order valence-corrected chi connectivity index (χ1v) is 10.2. The molecule has 9 nitrogen and oxygen atoms in total. The number of amides is 1. The fraction of sp³-hybridized carbons (Fsp3) is 0.227. The van der Waals surface area contributed by atoms with Crippen LogP contribution in [0.3, 0.4) is 0 Å². The van der Waals surface area contributed by atoms with Gasteiger partial charge >= 0.3 is 0 Å². The third kappa shape index (κ3) is 4.22. The van der Waals surface area contributed by atoms with Gasteiger partial charge in [0.15, 0.2) is 11.5 Å². The van der Waals surface area contributed by atoms with Crippen LogP contribution in [-0.4, -0.2) is 50.0 Å². The molecule has 3 aromatic heterocycles. The number of hydrogen-bond donors (Lipinski definition) is 2. The van der Waals surface area contributed by atoms with Crippen LogP contribution in [0.5, 0.6) is 0 Å². The molecule has 31 heavy (non-hydrogen) atoms. The number of carbonyl (C=O) groups is 1. The van der Waals surface area contributed by atoms with Crippen LogP contribution in [0.4, 0.5) is 11.5 Å². The van der Waals surface area contributed by atoms with Gasteiger partial charge in [-0.3, -0.25) is 9.78 Å². The summed E-state index contributed by atoms with van der Waals surface area (Å²) in [5, 5.41) is 19.2. The second-order valence-electron chi connectivity index (χ2n) is 7.28. The SMILES string of the molecule is O=C(NCC1CCCO1)c1ccnc(-c2nnc3ccc(Nc4ccccc4)nn23)c1. The second-order valence-corrected chi connectivity index (χ2v) is 7.28. The third-order valence-electron chi connectivity index (χ3n) is 5.07. The Balaban J connectivity index is 1.39. The highest BCUT2D eigenvalue weighted by Gasteiger charge is 2.18. The number of anilines is 2. The van der Waals surface area contributed by atoms with Crippen molar-refractivity contribution in [2.24, 2.45) is 0 Å². The first-order chi connectivity index (χ1) is 15.3. The van der Waals surface area contributed by atoms with Gasteiger partial charge in [-0.05, 0) is 49.2 Å². The molecule has 5 rings (SSSR count). The van der Waals surface area contributed by atoms with E-state index >= 15 is 0 Å². The van der Waals surface area contributed by atoms with Crippen molar-refractivity contribution in [3.05, 3.63) is 66.4 Å². The summed E-state index contributed by atoms with van der Waals surface area (Å²) in [5.41, 5.74) is 2.52. The summed E-state index contributed by atoms with van der Waals surface area (Å²) in [7, 11) is 0. The van der Waals surface area contributed by atoms with Gasteiger partial charge in [0.1, 0.15) is 5.69 Å². The molecule has 1 aliphatic rings. The molecule has 0 saturated carbocycles. The van der Waals surface area contributed by atoms with Crippen LogP contribution < -0.4 is 10.6 Å². The first kappa shape index (κ1) is 19.1. The summed E-state index contributed by atoms with van der Waals surface area (Å²) < 4.78 is 7.17. The highest BCUT2D eigenvalue weighted by molar-refractivity contribution is 5.94. The molecule has 156 valence electrons. The van der Waals surface area contributed by atoms with Gasteiger partial charge in [0.25, 0.3) is 5.91 Å². The largest absolute Gasteiger partial charge is 0.376 e. The lowest BCUT2D eigenvalue weighted by molar-refractivity contribution is 0.0857. The zero-order valence-corrected chi connectivity index (χ0v) is 16.7. The molecule has 1 saturated heterocycles. The Morgan fingerprint density at radius 3 is 2.87 bits per heavy atom. The summed E-state index contributed by atoms with van der Waals surface area (Å²) >= 11 is 0. The van der Waals surface area contributed by atoms with E-state index in [2.05, 4.69) is 30.9 Å². The molecule has 0 spiro atoms. The first-order valence-electron chi connectivity index (χ1n) is 10.2. The predicted molar refractivity (Wildman–Crippen MR) is 115 cm³/mol. The van der Waals surface area contributed by atoms with E-state index in [4.69, 9.17) is 4.74 Å². The number of nitrogens with one attached hydrogen (secondary N) is 2. The van der Waals surface area contributed by atoms with Crippen LogP contribution in [0.2, 0.25) is 0 Å². The van der Waals surface area contributed by atoms with Crippen molar-refractivity contribution >= 4 is 23.1 Å². The summed E-state index contributed by atoms with van der Waals surface area (Å²) in [4.78, 5) is 17.0. The maximum Gasteiger partial charge on any atom is 0.251 e. The lowest BCUT2D eigenvalue weighted by Crippen LogP contribution is -2.31. The van der Waals surface area contributed by atoms with Crippen molar-refractivity contribution in [1.82, 2.24) is 30.1 Å². The van der Waals surface area contributed by atoms with E-state index in [0.29, 0.717) is 35.1 Å². The number of ether oxygens (including phenoxy) is 1. The molecule has 1 amide bonds. The molecular formula is C22H21N7O2. The Bertz CT molecular complexity index is 1200. The number of hydrogen-bond acceptors (Lipinski definition) is 7. The molecule has 1 aliphatic heterocycles. The van der Waals surface area contributed by atoms with Gasteiger partial charge in [0, 0.05) is 30.6 Å². The van der Waals surface area contributed by atoms with E-state index in [1.807, 2.05) is 42.5 Å². The minimum absolute atomic E-state index is 0.0884. The second kappa shape index (κ2) is 8.49. The Labute approximate surface area is 178 Å². The predicted octanol–water partition coefficient (Wildman–Crippen LogP) is 2.84. The molecule has 1 unspecified atom stereocenters. The van der Waals surface area contributed by atoms with Crippen molar-refractivity contribution in [3.8, 4) is 11.5 Å². The fourth-order valence-corrected chi connectivity index (χ4v) is 3.49. The van der Waals surface area contributed by atoms with E-state index in [-0.39, 0.29) is 12.0 Å². The molecular weight excluding hydrogens is 394 g/mol. The van der Waals surface area contributed by atoms with Gasteiger partial charge in [-0.15, -0.1) is 15.3 Å². The van der Waals surface area contributed by atoms with Crippen LogP contribution >= 0.6 is 0 Å². The molecule has 1 aromatic carbocycles. The smallest absolute Gasteiger partial charge is 0.251 e. The third-order valence-corrected chi connectivity index (χ3v) is 5.07. The van der Waals surface area contributed by atoms with Crippen LogP contribution in [0.1, 0.15) is 23.2 Å². The minimum atomic E-state index is -0.174. The van der Waals surface area contributed by atoms with Crippen LogP contribution in [0, 0.1) is 0 Å². The number of fused-ring (bicyclic) bond motifs is 1. The number of aromatic nitrogens is 5. The van der Waals surface area contributed by atoms with Gasteiger partial charge in [0.2, 0.25) is 5.82 Å². The van der Waals surface area contributed by atoms with Crippen LogP contribution in [-0.2, 0) is 4.74 Å². The van der Waals surface area contributed by atoms with Gasteiger partial charge in [0.05, 0.1) is 6.10 Å². The summed E-state index contributed by atoms with van der Waals surface area (Å²) in [6.07, 6.45) is 3.68. The summed E-state index contributed by atoms with van der Waals surface area (Å²) in [5.74, 6) is 0.929. The minimum Gasteiger partial charge on any atom is -0.376 e. The maximum absolute atomic E-state index is 12.6.